The molecule has 2 N–H and O–H groups in total. The summed E-state index contributed by atoms with van der Waals surface area (Å²) in [5.74, 6) is 2.31. The van der Waals surface area contributed by atoms with Gasteiger partial charge in [-0.3, -0.25) is 4.31 Å². The second kappa shape index (κ2) is 10.3. The van der Waals surface area contributed by atoms with E-state index >= 15 is 0 Å². The lowest BCUT2D eigenvalue weighted by Gasteiger charge is -2.19. The highest BCUT2D eigenvalue weighted by Gasteiger charge is 2.15. The molecule has 31 heavy (non-hydrogen) atoms. The van der Waals surface area contributed by atoms with Gasteiger partial charge in [0.15, 0.2) is 0 Å². The molecule has 1 aromatic carbocycles. The van der Waals surface area contributed by atoms with E-state index in [-0.39, 0.29) is 0 Å². The number of pyridine rings is 1. The average Bonchev–Trinajstić information content (AvgIpc) is 3.46. The Morgan fingerprint density at radius 1 is 1.06 bits per heavy atom. The molecule has 0 bridgehead atoms. The highest BCUT2D eigenvalue weighted by atomic mass is 32.2. The van der Waals surface area contributed by atoms with Crippen molar-refractivity contribution in [2.45, 2.75) is 32.6 Å². The van der Waals surface area contributed by atoms with Crippen LogP contribution in [0.2, 0.25) is 0 Å². The Kier molecular flexibility index (Phi) is 6.99. The summed E-state index contributed by atoms with van der Waals surface area (Å²) in [6.45, 7) is 3.76. The molecule has 0 radical (unpaired) electrons. The maximum absolute atomic E-state index is 5.88. The van der Waals surface area contributed by atoms with Crippen molar-refractivity contribution in [1.29, 1.82) is 0 Å². The maximum atomic E-state index is 5.88. The number of unbranched alkanes of at least 4 members (excludes halogenated alkanes) is 2. The molecule has 4 rings (SSSR count). The number of benzene rings is 1. The molecule has 2 aromatic heterocycles. The van der Waals surface area contributed by atoms with Gasteiger partial charge in [0.25, 0.3) is 0 Å². The molecule has 7 nitrogen and oxygen atoms in total. The van der Waals surface area contributed by atoms with E-state index in [0.29, 0.717) is 12.4 Å². The van der Waals surface area contributed by atoms with Gasteiger partial charge in [-0.1, -0.05) is 12.1 Å². The van der Waals surface area contributed by atoms with E-state index in [4.69, 9.17) is 15.0 Å². The second-order valence-corrected chi connectivity index (χ2v) is 8.28. The van der Waals surface area contributed by atoms with Gasteiger partial charge in [-0.25, -0.2) is 4.98 Å². The first-order valence-corrected chi connectivity index (χ1v) is 11.3. The lowest BCUT2D eigenvalue weighted by Crippen LogP contribution is -2.11. The number of nitrogens with two attached hydrogens (primary N) is 1. The van der Waals surface area contributed by atoms with Crippen LogP contribution in [0.1, 0.15) is 31.9 Å². The molecular formula is C23H27N5O2S. The van der Waals surface area contributed by atoms with Gasteiger partial charge in [0.05, 0.1) is 24.4 Å². The Morgan fingerprint density at radius 2 is 1.94 bits per heavy atom. The highest BCUT2D eigenvalue weighted by Crippen LogP contribution is 2.31. The Hall–Kier alpha value is -3.13. The molecule has 0 amide bonds. The minimum Gasteiger partial charge on any atom is -0.494 e. The van der Waals surface area contributed by atoms with E-state index in [1.807, 2.05) is 48.7 Å². The smallest absolute Gasteiger partial charge is 0.137 e. The topological polar surface area (TPSA) is 80.7 Å². The molecule has 0 atom stereocenters. The number of anilines is 2. The summed E-state index contributed by atoms with van der Waals surface area (Å²) < 4.78 is 15.5. The summed E-state index contributed by atoms with van der Waals surface area (Å²) >= 11 is 1.66. The zero-order valence-electron chi connectivity index (χ0n) is 17.6. The molecule has 0 spiro atoms. The van der Waals surface area contributed by atoms with Gasteiger partial charge < -0.3 is 19.3 Å². The van der Waals surface area contributed by atoms with E-state index in [2.05, 4.69) is 31.9 Å². The number of ether oxygens (including phenoxy) is 1. The molecular weight excluding hydrogens is 410 g/mol. The SMILES string of the molecule is CCc1cc(-c2ccc(OCCCCCN3C=CN(c4ccnc(N)c4)S3)cc2)no1. The Labute approximate surface area is 187 Å². The van der Waals surface area contributed by atoms with Gasteiger partial charge in [0.1, 0.15) is 23.0 Å². The van der Waals surface area contributed by atoms with Crippen molar-refractivity contribution in [2.24, 2.45) is 0 Å². The summed E-state index contributed by atoms with van der Waals surface area (Å²) in [4.78, 5) is 4.04. The average molecular weight is 438 g/mol. The number of aryl methyl sites for hydroxylation is 1. The normalized spacial score (nSPS) is 13.2. The third-order valence-electron chi connectivity index (χ3n) is 4.93. The van der Waals surface area contributed by atoms with E-state index in [0.717, 1.165) is 60.7 Å². The lowest BCUT2D eigenvalue weighted by atomic mass is 10.1. The second-order valence-electron chi connectivity index (χ2n) is 7.25. The molecule has 8 heteroatoms. The van der Waals surface area contributed by atoms with Crippen LogP contribution in [-0.4, -0.2) is 27.6 Å². The first kappa shape index (κ1) is 21.1. The van der Waals surface area contributed by atoms with Crippen molar-refractivity contribution in [3.63, 3.8) is 0 Å². The number of nitrogens with zero attached hydrogens (tertiary/aromatic N) is 4. The zero-order valence-corrected chi connectivity index (χ0v) is 18.4. The molecule has 0 fully saturated rings. The van der Waals surface area contributed by atoms with Crippen LogP contribution in [0, 0.1) is 0 Å². The van der Waals surface area contributed by atoms with E-state index in [1.165, 1.54) is 0 Å². The van der Waals surface area contributed by atoms with Crippen LogP contribution in [0.25, 0.3) is 11.3 Å². The van der Waals surface area contributed by atoms with Crippen molar-refractivity contribution in [3.05, 3.63) is 66.8 Å². The monoisotopic (exact) mass is 437 g/mol. The molecule has 1 aliphatic rings. The number of nitrogen functional groups attached to an aromatic ring is 1. The van der Waals surface area contributed by atoms with Crippen LogP contribution in [0.15, 0.2) is 65.6 Å². The van der Waals surface area contributed by atoms with Crippen molar-refractivity contribution < 1.29 is 9.26 Å². The molecule has 162 valence electrons. The van der Waals surface area contributed by atoms with Crippen LogP contribution in [0.5, 0.6) is 5.75 Å². The van der Waals surface area contributed by atoms with Crippen LogP contribution in [-0.2, 0) is 6.42 Å². The van der Waals surface area contributed by atoms with Gasteiger partial charge >= 0.3 is 0 Å². The number of hydrogen-bond donors (Lipinski definition) is 1. The van der Waals surface area contributed by atoms with Crippen molar-refractivity contribution in [2.75, 3.05) is 23.2 Å². The van der Waals surface area contributed by atoms with Gasteiger partial charge in [-0.05, 0) is 49.6 Å². The minimum absolute atomic E-state index is 0.531. The summed E-state index contributed by atoms with van der Waals surface area (Å²) in [5.41, 5.74) is 8.70. The van der Waals surface area contributed by atoms with E-state index < -0.39 is 0 Å². The first-order chi connectivity index (χ1) is 15.2. The Bertz CT molecular complexity index is 1010. The van der Waals surface area contributed by atoms with Crippen LogP contribution in [0.3, 0.4) is 0 Å². The third-order valence-corrected chi connectivity index (χ3v) is 5.95. The number of aromatic nitrogens is 2. The fourth-order valence-electron chi connectivity index (χ4n) is 3.20. The van der Waals surface area contributed by atoms with E-state index in [9.17, 15) is 0 Å². The van der Waals surface area contributed by atoms with Gasteiger partial charge in [-0.15, -0.1) is 0 Å². The summed E-state index contributed by atoms with van der Waals surface area (Å²) in [7, 11) is 0. The third kappa shape index (κ3) is 5.73. The molecule has 0 saturated heterocycles. The Balaban J connectivity index is 1.12. The number of rotatable bonds is 10. The van der Waals surface area contributed by atoms with Gasteiger partial charge in [-0.2, -0.15) is 0 Å². The summed E-state index contributed by atoms with van der Waals surface area (Å²) in [5, 5.41) is 4.10. The molecule has 0 aliphatic carbocycles. The van der Waals surface area contributed by atoms with Crippen LogP contribution < -0.4 is 14.8 Å². The maximum Gasteiger partial charge on any atom is 0.137 e. The van der Waals surface area contributed by atoms with Crippen LogP contribution in [0.4, 0.5) is 11.5 Å². The van der Waals surface area contributed by atoms with Crippen molar-refractivity contribution in [1.82, 2.24) is 14.4 Å². The molecule has 1 aliphatic heterocycles. The minimum atomic E-state index is 0.531. The zero-order chi connectivity index (χ0) is 21.5. The van der Waals surface area contributed by atoms with E-state index in [1.54, 1.807) is 18.3 Å². The molecule has 3 aromatic rings. The first-order valence-electron chi connectivity index (χ1n) is 10.5. The standard InChI is InChI=1S/C23H27N5O2S/c1-2-20-17-22(26-30-20)18-6-8-21(9-7-18)29-15-5-3-4-12-27-13-14-28(31-27)19-10-11-25-23(24)16-19/h6-11,13-14,16-17H,2-5,12,15H2,1H3,(H2,24,25). The Morgan fingerprint density at radius 3 is 2.71 bits per heavy atom. The predicted octanol–water partition coefficient (Wildman–Crippen LogP) is 5.29. The van der Waals surface area contributed by atoms with Crippen molar-refractivity contribution >= 4 is 23.6 Å². The fraction of sp³-hybridized carbons (Fsp3) is 0.304. The number of hydrogen-bond acceptors (Lipinski definition) is 8. The molecule has 3 heterocycles. The lowest BCUT2D eigenvalue weighted by molar-refractivity contribution is 0.304. The fourth-order valence-corrected chi connectivity index (χ4v) is 4.06. The van der Waals surface area contributed by atoms with Crippen LogP contribution >= 0.6 is 12.1 Å². The summed E-state index contributed by atoms with van der Waals surface area (Å²) in [6.07, 6.45) is 9.97. The largest absolute Gasteiger partial charge is 0.494 e. The predicted molar refractivity (Wildman–Crippen MR) is 125 cm³/mol. The van der Waals surface area contributed by atoms with Gasteiger partial charge in [0.2, 0.25) is 0 Å². The molecule has 0 saturated carbocycles. The quantitative estimate of drug-likeness (QED) is 0.339. The summed E-state index contributed by atoms with van der Waals surface area (Å²) in [6, 6.07) is 13.8. The van der Waals surface area contributed by atoms with Crippen molar-refractivity contribution in [3.8, 4) is 17.0 Å². The highest BCUT2D eigenvalue weighted by molar-refractivity contribution is 7.98. The van der Waals surface area contributed by atoms with Gasteiger partial charge in [0, 0.05) is 49.3 Å². The molecule has 0 unspecified atom stereocenters.